The Bertz CT molecular complexity index is 481. The first-order valence-corrected chi connectivity index (χ1v) is 9.57. The molecule has 5 heteroatoms. The number of unbranched alkanes of at least 4 members (excludes halogenated alkanes) is 2. The molecule has 0 bridgehead atoms. The van der Waals surface area contributed by atoms with E-state index in [1.807, 2.05) is 26.1 Å². The minimum atomic E-state index is 0.354. The third kappa shape index (κ3) is 7.22. The van der Waals surface area contributed by atoms with Gasteiger partial charge in [0.05, 0.1) is 13.2 Å². The van der Waals surface area contributed by atoms with Crippen molar-refractivity contribution in [3.8, 4) is 11.5 Å². The molecule has 0 saturated heterocycles. The van der Waals surface area contributed by atoms with Crippen molar-refractivity contribution in [3.05, 3.63) is 23.8 Å². The Kier molecular flexibility index (Phi) is 9.70. The summed E-state index contributed by atoms with van der Waals surface area (Å²) in [7, 11) is 1.99. The maximum atomic E-state index is 5.90. The van der Waals surface area contributed by atoms with Crippen molar-refractivity contribution in [2.24, 2.45) is 0 Å². The van der Waals surface area contributed by atoms with Gasteiger partial charge in [0.1, 0.15) is 11.5 Å². The fraction of sp³-hybridized carbons (Fsp3) is 0.700. The molecule has 0 amide bonds. The largest absolute Gasteiger partial charge is 0.494 e. The Balaban J connectivity index is 1.55. The predicted molar refractivity (Wildman–Crippen MR) is 99.6 cm³/mol. The molecule has 0 spiro atoms. The summed E-state index contributed by atoms with van der Waals surface area (Å²) in [5, 5.41) is 3.34. The van der Waals surface area contributed by atoms with Gasteiger partial charge in [-0.1, -0.05) is 0 Å². The van der Waals surface area contributed by atoms with E-state index >= 15 is 0 Å². The van der Waals surface area contributed by atoms with E-state index in [0.29, 0.717) is 6.04 Å². The van der Waals surface area contributed by atoms with E-state index in [-0.39, 0.29) is 0 Å². The molecule has 1 atom stereocenters. The van der Waals surface area contributed by atoms with Gasteiger partial charge in [0.15, 0.2) is 0 Å². The van der Waals surface area contributed by atoms with Gasteiger partial charge in [-0.2, -0.15) is 0 Å². The zero-order valence-electron chi connectivity index (χ0n) is 15.7. The van der Waals surface area contributed by atoms with Gasteiger partial charge < -0.3 is 24.3 Å². The molecule has 2 rings (SSSR count). The van der Waals surface area contributed by atoms with Crippen LogP contribution in [0.1, 0.15) is 50.6 Å². The van der Waals surface area contributed by atoms with Gasteiger partial charge in [0.2, 0.25) is 0 Å². The minimum absolute atomic E-state index is 0.354. The zero-order valence-corrected chi connectivity index (χ0v) is 15.7. The first-order valence-electron chi connectivity index (χ1n) is 9.57. The molecule has 0 aliphatic carbocycles. The predicted octanol–water partition coefficient (Wildman–Crippen LogP) is 3.72. The van der Waals surface area contributed by atoms with Crippen LogP contribution < -0.4 is 14.8 Å². The fourth-order valence-electron chi connectivity index (χ4n) is 2.94. The van der Waals surface area contributed by atoms with Crippen molar-refractivity contribution in [3.63, 3.8) is 0 Å². The van der Waals surface area contributed by atoms with Gasteiger partial charge in [0.25, 0.3) is 0 Å². The Hall–Kier alpha value is -1.30. The van der Waals surface area contributed by atoms with E-state index < -0.39 is 0 Å². The van der Waals surface area contributed by atoms with Crippen molar-refractivity contribution in [2.75, 3.05) is 46.7 Å². The summed E-state index contributed by atoms with van der Waals surface area (Å²) in [6, 6.07) is 6.48. The molecule has 1 unspecified atom stereocenters. The van der Waals surface area contributed by atoms with E-state index in [2.05, 4.69) is 11.4 Å². The molecule has 1 aliphatic rings. The van der Waals surface area contributed by atoms with E-state index in [9.17, 15) is 0 Å². The van der Waals surface area contributed by atoms with Crippen LogP contribution in [0.15, 0.2) is 18.2 Å². The summed E-state index contributed by atoms with van der Waals surface area (Å²) in [6.45, 7) is 6.73. The van der Waals surface area contributed by atoms with Crippen LogP contribution in [0, 0.1) is 0 Å². The first-order chi connectivity index (χ1) is 12.3. The lowest BCUT2D eigenvalue weighted by Gasteiger charge is -2.26. The maximum absolute atomic E-state index is 5.90. The summed E-state index contributed by atoms with van der Waals surface area (Å²) < 4.78 is 22.5. The molecule has 25 heavy (non-hydrogen) atoms. The summed E-state index contributed by atoms with van der Waals surface area (Å²) in [6.07, 6.45) is 5.23. The molecule has 5 nitrogen and oxygen atoms in total. The standard InChI is InChI=1S/C20H33NO4/c1-3-22-12-7-13-23-11-5-4-6-14-24-17-8-9-20-18(16-17)19(21-2)10-15-25-20/h8-9,16,19,21H,3-7,10-15H2,1-2H3. The number of benzene rings is 1. The van der Waals surface area contributed by atoms with Crippen molar-refractivity contribution >= 4 is 0 Å². The van der Waals surface area contributed by atoms with Gasteiger partial charge in [-0.3, -0.25) is 0 Å². The smallest absolute Gasteiger partial charge is 0.124 e. The molecule has 0 radical (unpaired) electrons. The minimum Gasteiger partial charge on any atom is -0.494 e. The van der Waals surface area contributed by atoms with Crippen molar-refractivity contribution in [1.29, 1.82) is 0 Å². The summed E-state index contributed by atoms with van der Waals surface area (Å²) in [5.74, 6) is 1.90. The number of ether oxygens (including phenoxy) is 4. The van der Waals surface area contributed by atoms with Crippen LogP contribution in [0.2, 0.25) is 0 Å². The normalized spacial score (nSPS) is 16.3. The van der Waals surface area contributed by atoms with Crippen LogP contribution in [-0.2, 0) is 9.47 Å². The highest BCUT2D eigenvalue weighted by atomic mass is 16.5. The van der Waals surface area contributed by atoms with Gasteiger partial charge in [-0.25, -0.2) is 0 Å². The van der Waals surface area contributed by atoms with Crippen molar-refractivity contribution in [2.45, 2.75) is 45.1 Å². The highest BCUT2D eigenvalue weighted by Crippen LogP contribution is 2.34. The van der Waals surface area contributed by atoms with Crippen LogP contribution in [0.3, 0.4) is 0 Å². The number of hydrogen-bond donors (Lipinski definition) is 1. The van der Waals surface area contributed by atoms with Crippen LogP contribution in [0.4, 0.5) is 0 Å². The van der Waals surface area contributed by atoms with Crippen LogP contribution in [-0.4, -0.2) is 46.7 Å². The molecule has 1 heterocycles. The van der Waals surface area contributed by atoms with E-state index in [1.54, 1.807) is 0 Å². The Morgan fingerprint density at radius 1 is 1.04 bits per heavy atom. The van der Waals surface area contributed by atoms with E-state index in [0.717, 1.165) is 83.2 Å². The maximum Gasteiger partial charge on any atom is 0.124 e. The molecule has 0 fully saturated rings. The second kappa shape index (κ2) is 12.1. The second-order valence-corrected chi connectivity index (χ2v) is 6.25. The monoisotopic (exact) mass is 351 g/mol. The number of rotatable bonds is 13. The van der Waals surface area contributed by atoms with E-state index in [1.165, 1.54) is 5.56 Å². The molecule has 1 aliphatic heterocycles. The third-order valence-corrected chi connectivity index (χ3v) is 4.35. The van der Waals surface area contributed by atoms with Crippen LogP contribution in [0.5, 0.6) is 11.5 Å². The number of fused-ring (bicyclic) bond motifs is 1. The van der Waals surface area contributed by atoms with Gasteiger partial charge in [0, 0.05) is 44.5 Å². The lowest BCUT2D eigenvalue weighted by Crippen LogP contribution is -2.24. The lowest BCUT2D eigenvalue weighted by molar-refractivity contribution is 0.0857. The molecule has 1 N–H and O–H groups in total. The fourth-order valence-corrected chi connectivity index (χ4v) is 2.94. The SMILES string of the molecule is CCOCCCOCCCCCOc1ccc2c(c1)C(NC)CCO2. The number of nitrogens with one attached hydrogen (secondary N) is 1. The highest BCUT2D eigenvalue weighted by molar-refractivity contribution is 5.43. The summed E-state index contributed by atoms with van der Waals surface area (Å²) in [4.78, 5) is 0. The Morgan fingerprint density at radius 3 is 2.68 bits per heavy atom. The Morgan fingerprint density at radius 2 is 1.84 bits per heavy atom. The van der Waals surface area contributed by atoms with Crippen LogP contribution in [0.25, 0.3) is 0 Å². The first kappa shape index (κ1) is 20.0. The molecular weight excluding hydrogens is 318 g/mol. The van der Waals surface area contributed by atoms with Crippen molar-refractivity contribution in [1.82, 2.24) is 5.32 Å². The van der Waals surface area contributed by atoms with Crippen LogP contribution >= 0.6 is 0 Å². The lowest BCUT2D eigenvalue weighted by atomic mass is 10.0. The molecule has 0 saturated carbocycles. The summed E-state index contributed by atoms with van der Waals surface area (Å²) >= 11 is 0. The van der Waals surface area contributed by atoms with E-state index in [4.69, 9.17) is 18.9 Å². The van der Waals surface area contributed by atoms with Gasteiger partial charge in [-0.15, -0.1) is 0 Å². The third-order valence-electron chi connectivity index (χ3n) is 4.35. The highest BCUT2D eigenvalue weighted by Gasteiger charge is 2.20. The number of hydrogen-bond acceptors (Lipinski definition) is 5. The quantitative estimate of drug-likeness (QED) is 0.549. The molecule has 142 valence electrons. The average Bonchev–Trinajstić information content (AvgIpc) is 2.65. The van der Waals surface area contributed by atoms with Gasteiger partial charge in [-0.05, 0) is 57.9 Å². The Labute approximate surface area is 152 Å². The molecule has 0 aromatic heterocycles. The molecule has 1 aromatic carbocycles. The summed E-state index contributed by atoms with van der Waals surface area (Å²) in [5.41, 5.74) is 1.20. The average molecular weight is 351 g/mol. The molecule has 1 aromatic rings. The zero-order chi connectivity index (χ0) is 17.7. The topological polar surface area (TPSA) is 49.0 Å². The van der Waals surface area contributed by atoms with Crippen molar-refractivity contribution < 1.29 is 18.9 Å². The second-order valence-electron chi connectivity index (χ2n) is 6.25. The molecular formula is C20H33NO4. The van der Waals surface area contributed by atoms with Gasteiger partial charge >= 0.3 is 0 Å².